The average molecular weight is 487 g/mol. The molecule has 0 aliphatic rings. The van der Waals surface area contributed by atoms with E-state index in [-0.39, 0.29) is 23.9 Å². The van der Waals surface area contributed by atoms with E-state index in [1.807, 2.05) is 48.5 Å². The van der Waals surface area contributed by atoms with Crippen molar-refractivity contribution in [3.05, 3.63) is 108 Å². The highest BCUT2D eigenvalue weighted by molar-refractivity contribution is 7.89. The number of hydrogen-bond donors (Lipinski definition) is 0. The van der Waals surface area contributed by atoms with Crippen LogP contribution in [0.15, 0.2) is 96.4 Å². The van der Waals surface area contributed by atoms with Crippen molar-refractivity contribution >= 4 is 15.8 Å². The van der Waals surface area contributed by atoms with Gasteiger partial charge in [0.1, 0.15) is 5.78 Å². The second-order valence-corrected chi connectivity index (χ2v) is 10.1. The summed E-state index contributed by atoms with van der Waals surface area (Å²) in [7, 11) is -3.85. The van der Waals surface area contributed by atoms with Crippen molar-refractivity contribution in [3.8, 4) is 11.4 Å². The van der Waals surface area contributed by atoms with Gasteiger partial charge in [0.15, 0.2) is 10.9 Å². The zero-order chi connectivity index (χ0) is 24.7. The Labute approximate surface area is 205 Å². The van der Waals surface area contributed by atoms with Crippen LogP contribution in [0.4, 0.5) is 0 Å². The molecule has 178 valence electrons. The number of aryl methyl sites for hydroxylation is 1. The van der Waals surface area contributed by atoms with E-state index >= 15 is 0 Å². The lowest BCUT2D eigenvalue weighted by Gasteiger charge is -2.22. The number of nitrogens with zero attached hydrogens (tertiary/aromatic N) is 4. The Morgan fingerprint density at radius 1 is 0.771 bits per heavy atom. The van der Waals surface area contributed by atoms with Crippen LogP contribution in [0.3, 0.4) is 0 Å². The van der Waals surface area contributed by atoms with Gasteiger partial charge in [-0.05, 0) is 48.2 Å². The maximum atomic E-state index is 13.5. The zero-order valence-corrected chi connectivity index (χ0v) is 20.2. The third kappa shape index (κ3) is 6.44. The molecule has 0 bridgehead atoms. The van der Waals surface area contributed by atoms with Gasteiger partial charge in [-0.1, -0.05) is 54.6 Å². The summed E-state index contributed by atoms with van der Waals surface area (Å²) < 4.78 is 28.5. The van der Waals surface area contributed by atoms with Gasteiger partial charge >= 0.3 is 0 Å². The molecule has 2 heterocycles. The van der Waals surface area contributed by atoms with Gasteiger partial charge in [0.05, 0.1) is 0 Å². The maximum absolute atomic E-state index is 13.5. The Hall–Kier alpha value is -3.75. The highest BCUT2D eigenvalue weighted by atomic mass is 32.2. The van der Waals surface area contributed by atoms with Gasteiger partial charge in [0.25, 0.3) is 10.0 Å². The molecule has 0 aliphatic heterocycles. The monoisotopic (exact) mass is 486 g/mol. The minimum absolute atomic E-state index is 0.00189. The molecule has 4 rings (SSSR count). The Kier molecular flexibility index (Phi) is 7.74. The van der Waals surface area contributed by atoms with E-state index in [4.69, 9.17) is 0 Å². The van der Waals surface area contributed by atoms with Crippen molar-refractivity contribution in [1.82, 2.24) is 19.3 Å². The number of carbonyl (C=O) groups excluding carboxylic acids is 1. The van der Waals surface area contributed by atoms with E-state index < -0.39 is 10.0 Å². The number of sulfonamides is 1. The second kappa shape index (κ2) is 11.1. The summed E-state index contributed by atoms with van der Waals surface area (Å²) >= 11 is 0. The maximum Gasteiger partial charge on any atom is 0.261 e. The number of rotatable bonds is 10. The molecular weight excluding hydrogens is 460 g/mol. The van der Waals surface area contributed by atoms with Gasteiger partial charge in [-0.2, -0.15) is 4.31 Å². The first kappa shape index (κ1) is 24.4. The van der Waals surface area contributed by atoms with Gasteiger partial charge in [0.2, 0.25) is 0 Å². The van der Waals surface area contributed by atoms with Gasteiger partial charge in [-0.3, -0.25) is 0 Å². The van der Waals surface area contributed by atoms with E-state index in [0.717, 1.165) is 22.3 Å². The smallest absolute Gasteiger partial charge is 0.261 e. The highest BCUT2D eigenvalue weighted by Crippen LogP contribution is 2.22. The summed E-state index contributed by atoms with van der Waals surface area (Å²) in [6.45, 7) is 1.92. The van der Waals surface area contributed by atoms with Gasteiger partial charge in [-0.25, -0.2) is 23.4 Å². The van der Waals surface area contributed by atoms with Crippen LogP contribution in [-0.4, -0.2) is 33.5 Å². The van der Waals surface area contributed by atoms with Crippen LogP contribution in [0.2, 0.25) is 0 Å². The number of ketones is 1. The van der Waals surface area contributed by atoms with Crippen molar-refractivity contribution in [2.24, 2.45) is 0 Å². The lowest BCUT2D eigenvalue weighted by molar-refractivity contribution is -0.116. The van der Waals surface area contributed by atoms with Crippen LogP contribution in [-0.2, 0) is 34.3 Å². The predicted molar refractivity (Wildman–Crippen MR) is 134 cm³/mol. The second-order valence-electron chi connectivity index (χ2n) is 8.23. The molecule has 0 unspecified atom stereocenters. The average Bonchev–Trinajstić information content (AvgIpc) is 2.89. The minimum atomic E-state index is -3.85. The molecule has 8 heteroatoms. The van der Waals surface area contributed by atoms with E-state index in [2.05, 4.69) is 15.0 Å². The van der Waals surface area contributed by atoms with Gasteiger partial charge in [0, 0.05) is 43.7 Å². The normalized spacial score (nSPS) is 11.5. The fourth-order valence-corrected chi connectivity index (χ4v) is 5.02. The third-order valence-electron chi connectivity index (χ3n) is 5.49. The number of benzene rings is 2. The molecule has 7 nitrogen and oxygen atoms in total. The zero-order valence-electron chi connectivity index (χ0n) is 19.4. The fourth-order valence-electron chi connectivity index (χ4n) is 3.68. The van der Waals surface area contributed by atoms with Crippen molar-refractivity contribution in [1.29, 1.82) is 0 Å². The summed E-state index contributed by atoms with van der Waals surface area (Å²) in [6, 6.07) is 21.9. The highest BCUT2D eigenvalue weighted by Gasteiger charge is 2.26. The van der Waals surface area contributed by atoms with Crippen LogP contribution >= 0.6 is 0 Å². The quantitative estimate of drug-likeness (QED) is 0.329. The number of carbonyl (C=O) groups is 1. The molecule has 2 aromatic carbocycles. The fraction of sp³-hybridized carbons (Fsp3) is 0.185. The standard InChI is InChI=1S/C27H26N4O3S/c1-21(32)9-10-22-6-4-7-24(18-22)20-31(35(33,34)26-8-2-3-15-28-26)19-23-11-13-25(14-12-23)27-29-16-5-17-30-27/h2-8,11-18H,9-10,19-20H2,1H3. The van der Waals surface area contributed by atoms with E-state index in [1.54, 1.807) is 37.5 Å². The van der Waals surface area contributed by atoms with Crippen molar-refractivity contribution in [2.45, 2.75) is 37.9 Å². The Morgan fingerprint density at radius 2 is 1.46 bits per heavy atom. The van der Waals surface area contributed by atoms with Gasteiger partial charge < -0.3 is 4.79 Å². The molecule has 0 aliphatic carbocycles. The lowest BCUT2D eigenvalue weighted by Crippen LogP contribution is -2.31. The van der Waals surface area contributed by atoms with Crippen LogP contribution in [0.1, 0.15) is 30.0 Å². The molecule has 0 saturated carbocycles. The van der Waals surface area contributed by atoms with Crippen LogP contribution < -0.4 is 0 Å². The molecule has 0 amide bonds. The lowest BCUT2D eigenvalue weighted by atomic mass is 10.0. The molecule has 0 atom stereocenters. The largest absolute Gasteiger partial charge is 0.300 e. The predicted octanol–water partition coefficient (Wildman–Crippen LogP) is 4.45. The molecule has 0 saturated heterocycles. The summed E-state index contributed by atoms with van der Waals surface area (Å²) in [6.07, 6.45) is 5.92. The van der Waals surface area contributed by atoms with Crippen LogP contribution in [0.5, 0.6) is 0 Å². The first-order valence-electron chi connectivity index (χ1n) is 11.3. The molecular formula is C27H26N4O3S. The number of hydrogen-bond acceptors (Lipinski definition) is 6. The molecule has 0 radical (unpaired) electrons. The number of pyridine rings is 1. The molecule has 4 aromatic rings. The van der Waals surface area contributed by atoms with E-state index in [1.165, 1.54) is 16.6 Å². The summed E-state index contributed by atoms with van der Waals surface area (Å²) in [5.74, 6) is 0.735. The Balaban J connectivity index is 1.61. The topological polar surface area (TPSA) is 93.1 Å². The first-order valence-corrected chi connectivity index (χ1v) is 12.7. The summed E-state index contributed by atoms with van der Waals surface area (Å²) in [5.41, 5.74) is 3.53. The number of Topliss-reactive ketones (excluding diaryl/α,β-unsaturated/α-hetero) is 1. The molecule has 0 fully saturated rings. The summed E-state index contributed by atoms with van der Waals surface area (Å²) in [5, 5.41) is 0.00189. The van der Waals surface area contributed by atoms with E-state index in [0.29, 0.717) is 18.7 Å². The van der Waals surface area contributed by atoms with Crippen molar-refractivity contribution in [2.75, 3.05) is 0 Å². The van der Waals surface area contributed by atoms with Crippen LogP contribution in [0.25, 0.3) is 11.4 Å². The first-order chi connectivity index (χ1) is 16.9. The van der Waals surface area contributed by atoms with E-state index in [9.17, 15) is 13.2 Å². The van der Waals surface area contributed by atoms with Crippen molar-refractivity contribution in [3.63, 3.8) is 0 Å². The SMILES string of the molecule is CC(=O)CCc1cccc(CN(Cc2ccc(-c3ncccn3)cc2)S(=O)(=O)c2ccccn2)c1. The van der Waals surface area contributed by atoms with Crippen LogP contribution in [0, 0.1) is 0 Å². The minimum Gasteiger partial charge on any atom is -0.300 e. The Morgan fingerprint density at radius 3 is 2.14 bits per heavy atom. The molecule has 0 spiro atoms. The third-order valence-corrected chi connectivity index (χ3v) is 7.20. The van der Waals surface area contributed by atoms with Crippen molar-refractivity contribution < 1.29 is 13.2 Å². The molecule has 2 aromatic heterocycles. The van der Waals surface area contributed by atoms with Gasteiger partial charge in [-0.15, -0.1) is 0 Å². The molecule has 35 heavy (non-hydrogen) atoms. The number of aromatic nitrogens is 3. The Bertz CT molecular complexity index is 1380. The summed E-state index contributed by atoms with van der Waals surface area (Å²) in [4.78, 5) is 24.0. The molecule has 0 N–H and O–H groups in total.